The number of piperidine rings is 1. The van der Waals surface area contributed by atoms with Gasteiger partial charge in [-0.1, -0.05) is 25.5 Å². The van der Waals surface area contributed by atoms with Crippen LogP contribution in [-0.2, 0) is 12.7 Å². The first-order chi connectivity index (χ1) is 15.7. The van der Waals surface area contributed by atoms with Gasteiger partial charge in [0.1, 0.15) is 17.1 Å². The highest BCUT2D eigenvalue weighted by Crippen LogP contribution is 2.41. The van der Waals surface area contributed by atoms with E-state index in [0.29, 0.717) is 4.47 Å². The summed E-state index contributed by atoms with van der Waals surface area (Å²) in [6.45, 7) is 3.00. The summed E-state index contributed by atoms with van der Waals surface area (Å²) in [6.07, 6.45) is -1.08. The highest BCUT2D eigenvalue weighted by atomic mass is 79.9. The summed E-state index contributed by atoms with van der Waals surface area (Å²) in [7, 11) is 0. The summed E-state index contributed by atoms with van der Waals surface area (Å²) < 4.78 is 53.0. The molecule has 176 valence electrons. The fraction of sp³-hybridized carbons (Fsp3) is 0.375. The zero-order chi connectivity index (χ0) is 23.8. The maximum absolute atomic E-state index is 14.0. The molecular weight excluding hydrogens is 503 g/mol. The predicted octanol–water partition coefficient (Wildman–Crippen LogP) is 6.84. The lowest BCUT2D eigenvalue weighted by Crippen LogP contribution is -2.38. The van der Waals surface area contributed by atoms with Gasteiger partial charge in [0.25, 0.3) is 5.76 Å². The Bertz CT molecular complexity index is 1220. The molecule has 0 aliphatic carbocycles. The monoisotopic (exact) mass is 525 g/mol. The van der Waals surface area contributed by atoms with E-state index in [0.717, 1.165) is 32.2 Å². The maximum atomic E-state index is 14.0. The number of halogens is 4. The first-order valence-electron chi connectivity index (χ1n) is 10.8. The lowest BCUT2D eigenvalue weighted by atomic mass is 9.98. The molecule has 1 fully saturated rings. The summed E-state index contributed by atoms with van der Waals surface area (Å²) in [5, 5.41) is 10.4. The Labute approximate surface area is 196 Å². The van der Waals surface area contributed by atoms with E-state index in [9.17, 15) is 23.1 Å². The lowest BCUT2D eigenvalue weighted by molar-refractivity contribution is -0.154. The number of likely N-dealkylation sites (tertiary alicyclic amines) is 1. The highest BCUT2D eigenvalue weighted by molar-refractivity contribution is 9.10. The van der Waals surface area contributed by atoms with Gasteiger partial charge >= 0.3 is 6.18 Å². The van der Waals surface area contributed by atoms with E-state index in [2.05, 4.69) is 27.8 Å². The Hall–Kier alpha value is -2.52. The summed E-state index contributed by atoms with van der Waals surface area (Å²) in [5.41, 5.74) is -1.05. The van der Waals surface area contributed by atoms with Crippen LogP contribution in [0.3, 0.4) is 0 Å². The van der Waals surface area contributed by atoms with Crippen LogP contribution in [0.5, 0.6) is 17.2 Å². The van der Waals surface area contributed by atoms with Crippen molar-refractivity contribution in [2.24, 2.45) is 0 Å². The number of hydrogen-bond acceptors (Lipinski definition) is 5. The van der Waals surface area contributed by atoms with Gasteiger partial charge in [0.2, 0.25) is 11.2 Å². The largest absolute Gasteiger partial charge is 0.507 e. The van der Waals surface area contributed by atoms with Gasteiger partial charge in [-0.05, 0) is 66.0 Å². The van der Waals surface area contributed by atoms with Gasteiger partial charge in [-0.15, -0.1) is 0 Å². The molecule has 1 aliphatic heterocycles. The Balaban J connectivity index is 1.88. The fourth-order valence-corrected chi connectivity index (χ4v) is 4.66. The number of rotatable bonds is 5. The Kier molecular flexibility index (Phi) is 6.72. The van der Waals surface area contributed by atoms with Crippen LogP contribution in [0.15, 0.2) is 50.1 Å². The summed E-state index contributed by atoms with van der Waals surface area (Å²) in [5.74, 6) is -2.64. The smallest absolute Gasteiger partial charge is 0.453 e. The normalized spacial score (nSPS) is 17.4. The molecule has 1 aliphatic rings. The molecule has 0 amide bonds. The molecular formula is C24H23BrF3NO4. The molecule has 1 saturated heterocycles. The van der Waals surface area contributed by atoms with Crippen LogP contribution in [0.4, 0.5) is 13.2 Å². The van der Waals surface area contributed by atoms with Crippen LogP contribution in [0.2, 0.25) is 0 Å². The van der Waals surface area contributed by atoms with E-state index in [4.69, 9.17) is 9.15 Å². The fourth-order valence-electron chi connectivity index (χ4n) is 4.29. The van der Waals surface area contributed by atoms with Gasteiger partial charge < -0.3 is 14.3 Å². The van der Waals surface area contributed by atoms with Gasteiger partial charge in [0.05, 0.1) is 15.4 Å². The minimum Gasteiger partial charge on any atom is -0.507 e. The SMILES string of the molecule is CC[C@@H]1CCCCN1Cc1c(O)ccc2c(=O)c(Oc3ccccc3Br)c(C(F)(F)F)oc12. The standard InChI is InChI=1S/C24H23BrF3NO4/c1-2-14-7-5-6-12-29(14)13-16-18(30)11-10-15-20(31)22(23(24(26,27)28)33-21(15)16)32-19-9-4-3-8-17(19)25/h3-4,8-11,14,30H,2,5-7,12-13H2,1H3/t14-/m1/s1. The molecule has 0 unspecified atom stereocenters. The summed E-state index contributed by atoms with van der Waals surface area (Å²) >= 11 is 3.21. The van der Waals surface area contributed by atoms with Crippen molar-refractivity contribution in [3.8, 4) is 17.2 Å². The third-order valence-corrected chi connectivity index (χ3v) is 6.64. The zero-order valence-electron chi connectivity index (χ0n) is 17.9. The van der Waals surface area contributed by atoms with Crippen molar-refractivity contribution >= 4 is 26.9 Å². The Morgan fingerprint density at radius 2 is 1.97 bits per heavy atom. The number of para-hydroxylation sites is 1. The van der Waals surface area contributed by atoms with Crippen LogP contribution in [-0.4, -0.2) is 22.6 Å². The molecule has 2 heterocycles. The van der Waals surface area contributed by atoms with Gasteiger partial charge in [-0.2, -0.15) is 13.2 Å². The molecule has 1 aromatic heterocycles. The van der Waals surface area contributed by atoms with Crippen molar-refractivity contribution < 1.29 is 27.4 Å². The van der Waals surface area contributed by atoms with Crippen molar-refractivity contribution in [1.82, 2.24) is 4.90 Å². The molecule has 2 aromatic carbocycles. The van der Waals surface area contributed by atoms with Gasteiger partial charge in [-0.3, -0.25) is 9.69 Å². The predicted molar refractivity (Wildman–Crippen MR) is 122 cm³/mol. The number of ether oxygens (including phenoxy) is 1. The average molecular weight is 526 g/mol. The third-order valence-electron chi connectivity index (χ3n) is 5.98. The molecule has 5 nitrogen and oxygen atoms in total. The Morgan fingerprint density at radius 1 is 1.21 bits per heavy atom. The van der Waals surface area contributed by atoms with E-state index in [-0.39, 0.29) is 40.6 Å². The number of benzene rings is 2. The zero-order valence-corrected chi connectivity index (χ0v) is 19.5. The second-order valence-corrected chi connectivity index (χ2v) is 8.94. The van der Waals surface area contributed by atoms with Crippen LogP contribution >= 0.6 is 15.9 Å². The molecule has 9 heteroatoms. The van der Waals surface area contributed by atoms with Crippen LogP contribution in [0.1, 0.15) is 43.9 Å². The van der Waals surface area contributed by atoms with E-state index in [1.54, 1.807) is 18.2 Å². The molecule has 4 rings (SSSR count). The first kappa shape index (κ1) is 23.6. The maximum Gasteiger partial charge on any atom is 0.453 e. The second kappa shape index (κ2) is 9.38. The second-order valence-electron chi connectivity index (χ2n) is 8.09. The molecule has 0 saturated carbocycles. The lowest BCUT2D eigenvalue weighted by Gasteiger charge is -2.35. The van der Waals surface area contributed by atoms with Crippen LogP contribution in [0, 0.1) is 0 Å². The van der Waals surface area contributed by atoms with E-state index < -0.39 is 23.1 Å². The Morgan fingerprint density at radius 3 is 2.67 bits per heavy atom. The van der Waals surface area contributed by atoms with Crippen molar-refractivity contribution in [2.45, 2.75) is 51.4 Å². The van der Waals surface area contributed by atoms with Gasteiger partial charge in [0.15, 0.2) is 0 Å². The number of alkyl halides is 3. The first-order valence-corrected chi connectivity index (χ1v) is 11.5. The van der Waals surface area contributed by atoms with Crippen molar-refractivity contribution in [2.75, 3.05) is 6.54 Å². The van der Waals surface area contributed by atoms with E-state index >= 15 is 0 Å². The van der Waals surface area contributed by atoms with Crippen molar-refractivity contribution in [3.05, 3.63) is 62.4 Å². The minimum atomic E-state index is -4.98. The average Bonchev–Trinajstić information content (AvgIpc) is 2.78. The summed E-state index contributed by atoms with van der Waals surface area (Å²) in [4.78, 5) is 15.3. The number of nitrogens with zero attached hydrogens (tertiary/aromatic N) is 1. The van der Waals surface area contributed by atoms with E-state index in [1.165, 1.54) is 18.2 Å². The topological polar surface area (TPSA) is 62.9 Å². The van der Waals surface area contributed by atoms with Crippen LogP contribution in [0.25, 0.3) is 11.0 Å². The quantitative estimate of drug-likeness (QED) is 0.395. The minimum absolute atomic E-state index is 0.0488. The number of fused-ring (bicyclic) bond motifs is 1. The molecule has 33 heavy (non-hydrogen) atoms. The van der Waals surface area contributed by atoms with Crippen LogP contribution < -0.4 is 10.2 Å². The number of aromatic hydroxyl groups is 1. The molecule has 1 N–H and O–H groups in total. The molecule has 3 aromatic rings. The third kappa shape index (κ3) is 4.75. The number of phenolic OH excluding ortho intramolecular Hbond substituents is 1. The van der Waals surface area contributed by atoms with Gasteiger partial charge in [-0.25, -0.2) is 0 Å². The molecule has 0 radical (unpaired) electrons. The van der Waals surface area contributed by atoms with Crippen molar-refractivity contribution in [3.63, 3.8) is 0 Å². The molecule has 0 spiro atoms. The van der Waals surface area contributed by atoms with E-state index in [1.807, 2.05) is 0 Å². The highest BCUT2D eigenvalue weighted by Gasteiger charge is 2.41. The summed E-state index contributed by atoms with van der Waals surface area (Å²) in [6, 6.07) is 9.11. The van der Waals surface area contributed by atoms with Gasteiger partial charge in [0, 0.05) is 12.6 Å². The molecule has 1 atom stereocenters. The molecule has 0 bridgehead atoms. The number of phenols is 1. The van der Waals surface area contributed by atoms with Crippen molar-refractivity contribution in [1.29, 1.82) is 0 Å². The number of hydrogen-bond donors (Lipinski definition) is 1.